The minimum atomic E-state index is -1.30. The number of thioether (sulfide) groups is 1. The molecule has 0 aromatic carbocycles. The van der Waals surface area contributed by atoms with E-state index >= 15 is 0 Å². The largest absolute Gasteiger partial charge is 0.488 e. The Hall–Kier alpha value is -0.185. The van der Waals surface area contributed by atoms with Gasteiger partial charge in [0.25, 0.3) is 0 Å². The molecule has 48 valence electrons. The third-order valence-corrected chi connectivity index (χ3v) is 1.76. The van der Waals surface area contributed by atoms with Gasteiger partial charge in [0.2, 0.25) is 0 Å². The molecule has 4 heteroatoms. The fraction of sp³-hybridized carbons (Fsp3) is 0.200. The van der Waals surface area contributed by atoms with Gasteiger partial charge >= 0.3 is 7.12 Å². The molecule has 0 bridgehead atoms. The molecule has 1 rings (SSSR count). The van der Waals surface area contributed by atoms with E-state index < -0.39 is 7.12 Å². The third-order valence-electron chi connectivity index (χ3n) is 1.07. The number of allylic oxidation sites excluding steroid dienone is 2. The highest BCUT2D eigenvalue weighted by atomic mass is 32.2. The van der Waals surface area contributed by atoms with E-state index in [9.17, 15) is 0 Å². The first kappa shape index (κ1) is 6.93. The molecule has 0 aromatic heterocycles. The van der Waals surface area contributed by atoms with E-state index in [1.165, 1.54) is 0 Å². The maximum Gasteiger partial charge on any atom is 0.488 e. The molecule has 2 N–H and O–H groups in total. The van der Waals surface area contributed by atoms with Gasteiger partial charge in [-0.25, -0.2) is 0 Å². The van der Waals surface area contributed by atoms with Gasteiger partial charge in [-0.3, -0.25) is 0 Å². The lowest BCUT2D eigenvalue weighted by Gasteiger charge is -2.03. The molecule has 0 aliphatic carbocycles. The summed E-state index contributed by atoms with van der Waals surface area (Å²) >= 11 is 1.64. The minimum Gasteiger partial charge on any atom is -0.423 e. The molecule has 0 radical (unpaired) electrons. The lowest BCUT2D eigenvalue weighted by atomic mass is 9.79. The van der Waals surface area contributed by atoms with Gasteiger partial charge in [-0.05, 0) is 10.9 Å². The monoisotopic (exact) mass is 142 g/mol. The molecular formula is C5H7BO2S. The van der Waals surface area contributed by atoms with Crippen LogP contribution in [0.2, 0.25) is 0 Å². The highest BCUT2D eigenvalue weighted by molar-refractivity contribution is 8.02. The van der Waals surface area contributed by atoms with Crippen LogP contribution in [0, 0.1) is 0 Å². The first-order valence-corrected chi connectivity index (χ1v) is 3.70. The van der Waals surface area contributed by atoms with Gasteiger partial charge < -0.3 is 10.0 Å². The van der Waals surface area contributed by atoms with Crippen LogP contribution in [0.15, 0.2) is 23.0 Å². The van der Waals surface area contributed by atoms with Crippen molar-refractivity contribution < 1.29 is 10.0 Å². The van der Waals surface area contributed by atoms with E-state index in [2.05, 4.69) is 0 Å². The van der Waals surface area contributed by atoms with Crippen LogP contribution in [0.25, 0.3) is 0 Å². The SMILES string of the molecule is OB(O)C1=CCSC=C1. The molecule has 2 nitrogen and oxygen atoms in total. The maximum absolute atomic E-state index is 8.60. The summed E-state index contributed by atoms with van der Waals surface area (Å²) in [6.45, 7) is 0. The highest BCUT2D eigenvalue weighted by Gasteiger charge is 2.12. The van der Waals surface area contributed by atoms with Gasteiger partial charge in [-0.2, -0.15) is 0 Å². The first-order chi connectivity index (χ1) is 4.30. The summed E-state index contributed by atoms with van der Waals surface area (Å²) in [6, 6.07) is 0. The van der Waals surface area contributed by atoms with Crippen LogP contribution in [0.1, 0.15) is 0 Å². The number of hydrogen-bond donors (Lipinski definition) is 2. The van der Waals surface area contributed by atoms with Gasteiger partial charge in [-0.1, -0.05) is 12.2 Å². The molecule has 1 heterocycles. The van der Waals surface area contributed by atoms with Crippen molar-refractivity contribution in [1.82, 2.24) is 0 Å². The summed E-state index contributed by atoms with van der Waals surface area (Å²) in [5, 5.41) is 19.1. The van der Waals surface area contributed by atoms with E-state index in [0.717, 1.165) is 5.75 Å². The molecule has 0 unspecified atom stereocenters. The zero-order valence-corrected chi connectivity index (χ0v) is 5.64. The van der Waals surface area contributed by atoms with Crippen molar-refractivity contribution >= 4 is 18.9 Å². The zero-order chi connectivity index (χ0) is 6.69. The second kappa shape index (κ2) is 3.10. The quantitative estimate of drug-likeness (QED) is 0.513. The smallest absolute Gasteiger partial charge is 0.423 e. The minimum absolute atomic E-state index is 0.591. The Labute approximate surface area is 58.4 Å². The molecule has 1 aliphatic rings. The van der Waals surface area contributed by atoms with Gasteiger partial charge in [0.15, 0.2) is 0 Å². The highest BCUT2D eigenvalue weighted by Crippen LogP contribution is 2.13. The van der Waals surface area contributed by atoms with Gasteiger partial charge in [0.05, 0.1) is 0 Å². The van der Waals surface area contributed by atoms with E-state index in [0.29, 0.717) is 5.47 Å². The Kier molecular flexibility index (Phi) is 2.39. The summed E-state index contributed by atoms with van der Waals surface area (Å²) in [4.78, 5) is 0. The van der Waals surface area contributed by atoms with E-state index in [1.807, 2.05) is 5.41 Å². The first-order valence-electron chi connectivity index (χ1n) is 2.65. The molecule has 0 saturated heterocycles. The van der Waals surface area contributed by atoms with Crippen molar-refractivity contribution in [3.8, 4) is 0 Å². The van der Waals surface area contributed by atoms with Crippen LogP contribution in [0.3, 0.4) is 0 Å². The van der Waals surface area contributed by atoms with Crippen molar-refractivity contribution in [2.45, 2.75) is 0 Å². The van der Waals surface area contributed by atoms with Crippen LogP contribution in [0.4, 0.5) is 0 Å². The van der Waals surface area contributed by atoms with Crippen molar-refractivity contribution in [3.05, 3.63) is 23.0 Å². The standard InChI is InChI=1S/C5H7BO2S/c7-6(8)5-1-3-9-4-2-5/h1-3,7-8H,4H2. The van der Waals surface area contributed by atoms with Gasteiger partial charge in [0.1, 0.15) is 0 Å². The summed E-state index contributed by atoms with van der Waals surface area (Å²) in [5.74, 6) is 0.837. The van der Waals surface area contributed by atoms with Crippen LogP contribution in [-0.2, 0) is 0 Å². The Balaban J connectivity index is 2.58. The van der Waals surface area contributed by atoms with Gasteiger partial charge in [-0.15, -0.1) is 11.8 Å². The van der Waals surface area contributed by atoms with Crippen LogP contribution in [0.5, 0.6) is 0 Å². The fourth-order valence-corrected chi connectivity index (χ4v) is 1.24. The summed E-state index contributed by atoms with van der Waals surface area (Å²) in [5.41, 5.74) is 0.591. The Morgan fingerprint density at radius 2 is 2.33 bits per heavy atom. The van der Waals surface area contributed by atoms with Crippen molar-refractivity contribution in [2.75, 3.05) is 5.75 Å². The molecule has 9 heavy (non-hydrogen) atoms. The van der Waals surface area contributed by atoms with E-state index in [4.69, 9.17) is 10.0 Å². The molecular weight excluding hydrogens is 135 g/mol. The second-order valence-electron chi connectivity index (χ2n) is 1.71. The summed E-state index contributed by atoms with van der Waals surface area (Å²) in [7, 11) is -1.30. The second-order valence-corrected chi connectivity index (χ2v) is 2.65. The van der Waals surface area contributed by atoms with Crippen LogP contribution < -0.4 is 0 Å². The lowest BCUT2D eigenvalue weighted by molar-refractivity contribution is 0.420. The molecule has 0 aromatic rings. The topological polar surface area (TPSA) is 40.5 Å². The molecule has 0 spiro atoms. The van der Waals surface area contributed by atoms with Crippen LogP contribution >= 0.6 is 11.8 Å². The number of rotatable bonds is 1. The lowest BCUT2D eigenvalue weighted by Crippen LogP contribution is -2.14. The molecule has 0 saturated carbocycles. The predicted molar refractivity (Wildman–Crippen MR) is 39.9 cm³/mol. The molecule has 0 fully saturated rings. The van der Waals surface area contributed by atoms with Gasteiger partial charge in [0, 0.05) is 5.75 Å². The average Bonchev–Trinajstić information content (AvgIpc) is 1.90. The molecule has 0 atom stereocenters. The summed E-state index contributed by atoms with van der Waals surface area (Å²) in [6.07, 6.45) is 3.51. The Bertz CT molecular complexity index is 153. The summed E-state index contributed by atoms with van der Waals surface area (Å²) < 4.78 is 0. The Morgan fingerprint density at radius 1 is 1.56 bits per heavy atom. The van der Waals surface area contributed by atoms with Crippen LogP contribution in [-0.4, -0.2) is 22.9 Å². The normalized spacial score (nSPS) is 17.3. The predicted octanol–water partition coefficient (Wildman–Crippen LogP) is 0.185. The van der Waals surface area contributed by atoms with E-state index in [-0.39, 0.29) is 0 Å². The molecule has 0 amide bonds. The van der Waals surface area contributed by atoms with E-state index in [1.54, 1.807) is 23.9 Å². The fourth-order valence-electron chi connectivity index (χ4n) is 0.586. The van der Waals surface area contributed by atoms with Crippen molar-refractivity contribution in [2.24, 2.45) is 0 Å². The maximum atomic E-state index is 8.60. The average molecular weight is 142 g/mol. The molecule has 1 aliphatic heterocycles. The van der Waals surface area contributed by atoms with Crippen molar-refractivity contribution in [1.29, 1.82) is 0 Å². The number of hydrogen-bond acceptors (Lipinski definition) is 3. The van der Waals surface area contributed by atoms with Crippen molar-refractivity contribution in [3.63, 3.8) is 0 Å². The zero-order valence-electron chi connectivity index (χ0n) is 4.82. The third kappa shape index (κ3) is 1.89. The Morgan fingerprint density at radius 3 is 2.67 bits per heavy atom.